The number of aromatic nitrogens is 2. The average Bonchev–Trinajstić information content (AvgIpc) is 3.29. The van der Waals surface area contributed by atoms with E-state index >= 15 is 0 Å². The number of hydrogen-bond acceptors (Lipinski definition) is 5. The van der Waals surface area contributed by atoms with Crippen molar-refractivity contribution in [1.29, 1.82) is 0 Å². The summed E-state index contributed by atoms with van der Waals surface area (Å²) in [6.45, 7) is 6.75. The van der Waals surface area contributed by atoms with E-state index in [-0.39, 0.29) is 24.2 Å². The van der Waals surface area contributed by atoms with Crippen molar-refractivity contribution >= 4 is 34.0 Å². The summed E-state index contributed by atoms with van der Waals surface area (Å²) in [5.41, 5.74) is 2.07. The average molecular weight is 387 g/mol. The minimum absolute atomic E-state index is 0.0195. The Bertz CT molecular complexity index is 803. The zero-order valence-corrected chi connectivity index (χ0v) is 16.9. The quantitative estimate of drug-likeness (QED) is 0.780. The Morgan fingerprint density at radius 2 is 2.04 bits per heavy atom. The van der Waals surface area contributed by atoms with E-state index in [1.807, 2.05) is 24.3 Å². The Labute approximate surface area is 164 Å². The van der Waals surface area contributed by atoms with Crippen LogP contribution in [0.1, 0.15) is 56.5 Å². The molecule has 0 radical (unpaired) electrons. The lowest BCUT2D eigenvalue weighted by Gasteiger charge is -2.17. The summed E-state index contributed by atoms with van der Waals surface area (Å²) in [5, 5.41) is 12.6. The molecule has 2 amide bonds. The zero-order chi connectivity index (χ0) is 19.4. The van der Waals surface area contributed by atoms with Crippen LogP contribution < -0.4 is 10.2 Å². The minimum atomic E-state index is -0.372. The maximum atomic E-state index is 12.6. The third-order valence-electron chi connectivity index (χ3n) is 4.97. The first-order valence-electron chi connectivity index (χ1n) is 9.55. The summed E-state index contributed by atoms with van der Waals surface area (Å²) < 4.78 is 0. The number of nitrogens with zero attached hydrogens (tertiary/aromatic N) is 3. The van der Waals surface area contributed by atoms with Crippen molar-refractivity contribution in [3.63, 3.8) is 0 Å². The van der Waals surface area contributed by atoms with Crippen molar-refractivity contribution in [3.05, 3.63) is 34.8 Å². The van der Waals surface area contributed by atoms with Gasteiger partial charge in [0.05, 0.1) is 5.92 Å². The van der Waals surface area contributed by atoms with Gasteiger partial charge < -0.3 is 10.2 Å². The molecular weight excluding hydrogens is 360 g/mol. The van der Waals surface area contributed by atoms with E-state index in [9.17, 15) is 9.59 Å². The van der Waals surface area contributed by atoms with Gasteiger partial charge in [-0.15, -0.1) is 10.2 Å². The molecule has 2 heterocycles. The van der Waals surface area contributed by atoms with Gasteiger partial charge in [0.15, 0.2) is 0 Å². The summed E-state index contributed by atoms with van der Waals surface area (Å²) >= 11 is 1.42. The number of hydrogen-bond donors (Lipinski definition) is 1. The van der Waals surface area contributed by atoms with Gasteiger partial charge in [0.25, 0.3) is 0 Å². The number of carbonyl (C=O) groups excluding carboxylic acids is 2. The molecule has 0 bridgehead atoms. The molecule has 7 heteroatoms. The van der Waals surface area contributed by atoms with E-state index in [1.54, 1.807) is 4.90 Å². The van der Waals surface area contributed by atoms with Gasteiger partial charge in [0, 0.05) is 24.6 Å². The van der Waals surface area contributed by atoms with Crippen molar-refractivity contribution in [2.24, 2.45) is 5.92 Å². The van der Waals surface area contributed by atoms with Crippen molar-refractivity contribution in [2.75, 3.05) is 16.8 Å². The first-order valence-corrected chi connectivity index (χ1v) is 10.4. The summed E-state index contributed by atoms with van der Waals surface area (Å²) in [6.07, 6.45) is 3.31. The number of anilines is 2. The van der Waals surface area contributed by atoms with Crippen molar-refractivity contribution < 1.29 is 9.59 Å². The second-order valence-corrected chi connectivity index (χ2v) is 8.06. The number of nitrogens with one attached hydrogen (secondary N) is 1. The number of carbonyl (C=O) groups is 2. The van der Waals surface area contributed by atoms with Crippen LogP contribution in [0.15, 0.2) is 24.3 Å². The Hall–Kier alpha value is -2.28. The number of benzene rings is 1. The highest BCUT2D eigenvalue weighted by Crippen LogP contribution is 2.29. The molecule has 144 valence electrons. The second kappa shape index (κ2) is 8.61. The molecule has 6 nitrogen and oxygen atoms in total. The lowest BCUT2D eigenvalue weighted by molar-refractivity contribution is -0.122. The molecule has 3 rings (SSSR count). The highest BCUT2D eigenvalue weighted by molar-refractivity contribution is 7.15. The molecule has 2 atom stereocenters. The van der Waals surface area contributed by atoms with Crippen LogP contribution >= 0.6 is 11.3 Å². The van der Waals surface area contributed by atoms with Gasteiger partial charge in [-0.1, -0.05) is 50.7 Å². The zero-order valence-electron chi connectivity index (χ0n) is 16.1. The maximum Gasteiger partial charge on any atom is 0.231 e. The predicted molar refractivity (Wildman–Crippen MR) is 108 cm³/mol. The van der Waals surface area contributed by atoms with E-state index in [1.165, 1.54) is 16.9 Å². The van der Waals surface area contributed by atoms with Crippen LogP contribution in [-0.4, -0.2) is 28.6 Å². The fraction of sp³-hybridized carbons (Fsp3) is 0.500. The molecular formula is C20H26N4O2S. The molecule has 0 unspecified atom stereocenters. The van der Waals surface area contributed by atoms with Gasteiger partial charge in [-0.2, -0.15) is 0 Å². The standard InChI is InChI=1S/C20H26N4O2S/c1-4-6-13(3)19-22-23-20(27-19)21-18(26)15-11-17(25)24(12-15)16-9-7-14(5-2)8-10-16/h7-10,13,15H,4-6,11-12H2,1-3H3,(H,21,23,26)/t13-,15-/m1/s1. The summed E-state index contributed by atoms with van der Waals surface area (Å²) in [6, 6.07) is 7.94. The minimum Gasteiger partial charge on any atom is -0.312 e. The largest absolute Gasteiger partial charge is 0.312 e. The molecule has 0 aliphatic carbocycles. The van der Waals surface area contributed by atoms with Crippen LogP contribution in [-0.2, 0) is 16.0 Å². The summed E-state index contributed by atoms with van der Waals surface area (Å²) in [5.74, 6) is -0.215. The van der Waals surface area contributed by atoms with E-state index in [4.69, 9.17) is 0 Å². The van der Waals surface area contributed by atoms with E-state index in [2.05, 4.69) is 36.3 Å². The van der Waals surface area contributed by atoms with Gasteiger partial charge in [-0.05, 0) is 30.5 Å². The lowest BCUT2D eigenvalue weighted by Crippen LogP contribution is -2.28. The van der Waals surface area contributed by atoms with Crippen LogP contribution in [0.25, 0.3) is 0 Å². The van der Waals surface area contributed by atoms with Gasteiger partial charge in [-0.25, -0.2) is 0 Å². The first-order chi connectivity index (χ1) is 13.0. The molecule has 1 aromatic carbocycles. The van der Waals surface area contributed by atoms with Gasteiger partial charge in [0.2, 0.25) is 16.9 Å². The fourth-order valence-electron chi connectivity index (χ4n) is 3.29. The topological polar surface area (TPSA) is 75.2 Å². The molecule has 27 heavy (non-hydrogen) atoms. The first kappa shape index (κ1) is 19.5. The van der Waals surface area contributed by atoms with Crippen LogP contribution in [0.2, 0.25) is 0 Å². The van der Waals surface area contributed by atoms with E-state index in [0.29, 0.717) is 17.6 Å². The SMILES string of the molecule is CCC[C@@H](C)c1nnc(NC(=O)[C@@H]2CC(=O)N(c3ccc(CC)cc3)C2)s1. The van der Waals surface area contributed by atoms with Crippen molar-refractivity contribution in [3.8, 4) is 0 Å². The van der Waals surface area contributed by atoms with Crippen LogP contribution in [0.5, 0.6) is 0 Å². The van der Waals surface area contributed by atoms with Crippen LogP contribution in [0, 0.1) is 5.92 Å². The monoisotopic (exact) mass is 386 g/mol. The van der Waals surface area contributed by atoms with Crippen LogP contribution in [0.3, 0.4) is 0 Å². The number of aryl methyl sites for hydroxylation is 1. The molecule has 1 fully saturated rings. The Morgan fingerprint density at radius 3 is 2.70 bits per heavy atom. The Kier molecular flexibility index (Phi) is 6.21. The molecule has 0 spiro atoms. The number of amides is 2. The van der Waals surface area contributed by atoms with E-state index < -0.39 is 0 Å². The third kappa shape index (κ3) is 4.53. The Morgan fingerprint density at radius 1 is 1.30 bits per heavy atom. The van der Waals surface area contributed by atoms with Crippen molar-refractivity contribution in [2.45, 2.75) is 52.4 Å². The Balaban J connectivity index is 1.62. The van der Waals surface area contributed by atoms with Gasteiger partial charge in [-0.3, -0.25) is 9.59 Å². The highest BCUT2D eigenvalue weighted by atomic mass is 32.1. The summed E-state index contributed by atoms with van der Waals surface area (Å²) in [4.78, 5) is 26.7. The second-order valence-electron chi connectivity index (χ2n) is 7.05. The normalized spacial score (nSPS) is 18.0. The molecule has 0 saturated carbocycles. The van der Waals surface area contributed by atoms with Gasteiger partial charge in [0.1, 0.15) is 5.01 Å². The molecule has 2 aromatic rings. The molecule has 1 aliphatic heterocycles. The summed E-state index contributed by atoms with van der Waals surface area (Å²) in [7, 11) is 0. The maximum absolute atomic E-state index is 12.6. The fourth-order valence-corrected chi connectivity index (χ4v) is 4.12. The number of rotatable bonds is 7. The smallest absolute Gasteiger partial charge is 0.231 e. The third-order valence-corrected chi connectivity index (χ3v) is 6.04. The lowest BCUT2D eigenvalue weighted by atomic mass is 10.1. The van der Waals surface area contributed by atoms with Crippen molar-refractivity contribution in [1.82, 2.24) is 10.2 Å². The van der Waals surface area contributed by atoms with Gasteiger partial charge >= 0.3 is 0 Å². The predicted octanol–water partition coefficient (Wildman–Crippen LogP) is 4.00. The molecule has 1 saturated heterocycles. The van der Waals surface area contributed by atoms with Crippen LogP contribution in [0.4, 0.5) is 10.8 Å². The molecule has 1 N–H and O–H groups in total. The molecule has 1 aliphatic rings. The highest BCUT2D eigenvalue weighted by Gasteiger charge is 2.35. The van der Waals surface area contributed by atoms with E-state index in [0.717, 1.165) is 30.0 Å². The molecule has 1 aromatic heterocycles.